The third kappa shape index (κ3) is 4.27. The van der Waals surface area contributed by atoms with Crippen LogP contribution in [0.3, 0.4) is 0 Å². The molecule has 2 heterocycles. The lowest BCUT2D eigenvalue weighted by molar-refractivity contribution is -0.892. The Labute approximate surface area is 154 Å². The van der Waals surface area contributed by atoms with E-state index in [0.29, 0.717) is 13.1 Å². The number of anilines is 1. The third-order valence-corrected chi connectivity index (χ3v) is 5.47. The van der Waals surface area contributed by atoms with Crippen molar-refractivity contribution in [3.63, 3.8) is 0 Å². The summed E-state index contributed by atoms with van der Waals surface area (Å²) in [5.74, 6) is 0.542. The maximum atomic E-state index is 12.6. The summed E-state index contributed by atoms with van der Waals surface area (Å²) in [7, 11) is 1.69. The Morgan fingerprint density at radius 1 is 1.23 bits per heavy atom. The number of quaternary nitrogens is 1. The van der Waals surface area contributed by atoms with Crippen molar-refractivity contribution in [1.29, 1.82) is 0 Å². The predicted molar refractivity (Wildman–Crippen MR) is 99.3 cm³/mol. The summed E-state index contributed by atoms with van der Waals surface area (Å²) in [5.41, 5.74) is 6.52. The smallest absolute Gasteiger partial charge is 0.277 e. The van der Waals surface area contributed by atoms with Crippen LogP contribution in [0.15, 0.2) is 24.3 Å². The molecule has 3 N–H and O–H groups in total. The zero-order valence-corrected chi connectivity index (χ0v) is 15.4. The fourth-order valence-corrected chi connectivity index (χ4v) is 3.89. The van der Waals surface area contributed by atoms with E-state index in [2.05, 4.69) is 11.0 Å². The molecule has 1 aromatic carbocycles. The molecule has 0 saturated carbocycles. The van der Waals surface area contributed by atoms with Crippen molar-refractivity contribution in [2.24, 2.45) is 11.7 Å². The fourth-order valence-electron chi connectivity index (χ4n) is 3.89. The number of nitrogens with one attached hydrogen (secondary N) is 1. The van der Waals surface area contributed by atoms with E-state index in [4.69, 9.17) is 10.5 Å². The van der Waals surface area contributed by atoms with Crippen LogP contribution in [0.25, 0.3) is 0 Å². The molecule has 1 atom stereocenters. The number of benzene rings is 1. The number of para-hydroxylation sites is 2. The summed E-state index contributed by atoms with van der Waals surface area (Å²) in [5, 5.41) is 0. The molecule has 0 spiro atoms. The van der Waals surface area contributed by atoms with E-state index in [-0.39, 0.29) is 17.7 Å². The highest BCUT2D eigenvalue weighted by Gasteiger charge is 2.30. The standard InChI is InChI=1S/C19H28N4O3/c1-26-17-7-3-2-6-16(17)22-11-9-21(10-12-22)14-18(24)23-8-4-5-15(13-23)19(20)25/h2-3,6-7,15H,4-5,8-14H2,1H3,(H2,20,25)/p+1/t15-/m0/s1. The van der Waals surface area contributed by atoms with Crippen molar-refractivity contribution in [3.05, 3.63) is 24.3 Å². The maximum absolute atomic E-state index is 12.6. The first-order chi connectivity index (χ1) is 12.6. The number of piperidine rings is 1. The van der Waals surface area contributed by atoms with E-state index < -0.39 is 0 Å². The Morgan fingerprint density at radius 2 is 1.96 bits per heavy atom. The van der Waals surface area contributed by atoms with E-state index in [1.54, 1.807) is 7.11 Å². The number of amides is 2. The predicted octanol–water partition coefficient (Wildman–Crippen LogP) is -0.876. The lowest BCUT2D eigenvalue weighted by Crippen LogP contribution is -3.16. The van der Waals surface area contributed by atoms with Gasteiger partial charge in [-0.15, -0.1) is 0 Å². The molecule has 2 aliphatic heterocycles. The quantitative estimate of drug-likeness (QED) is 0.714. The van der Waals surface area contributed by atoms with Gasteiger partial charge in [-0.3, -0.25) is 9.59 Å². The summed E-state index contributed by atoms with van der Waals surface area (Å²) >= 11 is 0. The summed E-state index contributed by atoms with van der Waals surface area (Å²) in [6.45, 7) is 5.33. The number of ether oxygens (including phenoxy) is 1. The van der Waals surface area contributed by atoms with Crippen LogP contribution in [0, 0.1) is 5.92 Å². The molecule has 2 amide bonds. The van der Waals surface area contributed by atoms with Crippen LogP contribution >= 0.6 is 0 Å². The molecule has 2 fully saturated rings. The molecule has 0 aromatic heterocycles. The average Bonchev–Trinajstić information content (AvgIpc) is 2.68. The van der Waals surface area contributed by atoms with Crippen LogP contribution < -0.4 is 20.3 Å². The van der Waals surface area contributed by atoms with Crippen LogP contribution in [-0.4, -0.2) is 69.6 Å². The lowest BCUT2D eigenvalue weighted by atomic mass is 9.97. The number of nitrogens with two attached hydrogens (primary N) is 1. The van der Waals surface area contributed by atoms with Gasteiger partial charge in [0.15, 0.2) is 6.54 Å². The Hall–Kier alpha value is -2.28. The molecule has 2 aliphatic rings. The molecule has 0 radical (unpaired) electrons. The number of rotatable bonds is 5. The minimum atomic E-state index is -0.291. The zero-order chi connectivity index (χ0) is 18.5. The normalized spacial score (nSPS) is 21.5. The van der Waals surface area contributed by atoms with Crippen molar-refractivity contribution in [2.45, 2.75) is 12.8 Å². The molecule has 7 heteroatoms. The van der Waals surface area contributed by atoms with E-state index in [9.17, 15) is 9.59 Å². The number of carbonyl (C=O) groups is 2. The van der Waals surface area contributed by atoms with Crippen molar-refractivity contribution >= 4 is 17.5 Å². The van der Waals surface area contributed by atoms with Crippen molar-refractivity contribution in [1.82, 2.24) is 4.90 Å². The second kappa shape index (κ2) is 8.40. The lowest BCUT2D eigenvalue weighted by Gasteiger charge is -2.36. The first-order valence-corrected chi connectivity index (χ1v) is 9.37. The number of methoxy groups -OCH3 is 1. The topological polar surface area (TPSA) is 80.3 Å². The minimum absolute atomic E-state index is 0.136. The monoisotopic (exact) mass is 361 g/mol. The number of carbonyl (C=O) groups excluding carboxylic acids is 2. The molecule has 0 bridgehead atoms. The number of hydrogen-bond donors (Lipinski definition) is 2. The van der Waals surface area contributed by atoms with Gasteiger partial charge in [-0.25, -0.2) is 0 Å². The van der Waals surface area contributed by atoms with E-state index >= 15 is 0 Å². The molecule has 1 aromatic rings. The van der Waals surface area contributed by atoms with E-state index in [0.717, 1.165) is 57.0 Å². The van der Waals surface area contributed by atoms with Crippen molar-refractivity contribution in [3.8, 4) is 5.75 Å². The van der Waals surface area contributed by atoms with Crippen LogP contribution in [0.2, 0.25) is 0 Å². The van der Waals surface area contributed by atoms with Gasteiger partial charge < -0.3 is 25.2 Å². The molecule has 0 aliphatic carbocycles. The number of hydrogen-bond acceptors (Lipinski definition) is 4. The number of nitrogens with zero attached hydrogens (tertiary/aromatic N) is 2. The Morgan fingerprint density at radius 3 is 2.65 bits per heavy atom. The Balaban J connectivity index is 1.51. The van der Waals surface area contributed by atoms with Crippen LogP contribution in [0.1, 0.15) is 12.8 Å². The van der Waals surface area contributed by atoms with Crippen molar-refractivity contribution < 1.29 is 19.2 Å². The largest absolute Gasteiger partial charge is 0.495 e. The van der Waals surface area contributed by atoms with Gasteiger partial charge in [-0.1, -0.05) is 12.1 Å². The molecular formula is C19H29N4O3+. The molecule has 0 unspecified atom stereocenters. The molecule has 142 valence electrons. The highest BCUT2D eigenvalue weighted by atomic mass is 16.5. The highest BCUT2D eigenvalue weighted by molar-refractivity contribution is 5.80. The van der Waals surface area contributed by atoms with Gasteiger partial charge in [0.1, 0.15) is 5.75 Å². The van der Waals surface area contributed by atoms with E-state index in [1.165, 1.54) is 4.90 Å². The summed E-state index contributed by atoms with van der Waals surface area (Å²) < 4.78 is 5.45. The average molecular weight is 361 g/mol. The molecule has 26 heavy (non-hydrogen) atoms. The highest BCUT2D eigenvalue weighted by Crippen LogP contribution is 2.27. The van der Waals surface area contributed by atoms with Crippen molar-refractivity contribution in [2.75, 3.05) is 57.8 Å². The Bertz CT molecular complexity index is 643. The number of piperazine rings is 1. The Kier molecular flexibility index (Phi) is 5.98. The molecule has 7 nitrogen and oxygen atoms in total. The van der Waals surface area contributed by atoms with Gasteiger partial charge in [0.2, 0.25) is 5.91 Å². The first-order valence-electron chi connectivity index (χ1n) is 9.37. The van der Waals surface area contributed by atoms with Gasteiger partial charge in [0.05, 0.1) is 44.9 Å². The molecule has 3 rings (SSSR count). The van der Waals surface area contributed by atoms with Gasteiger partial charge in [0.25, 0.3) is 5.91 Å². The SMILES string of the molecule is COc1ccccc1N1CC[NH+](CC(=O)N2CCC[C@H](C(N)=O)C2)CC1. The fraction of sp³-hybridized carbons (Fsp3) is 0.579. The third-order valence-electron chi connectivity index (χ3n) is 5.47. The first kappa shape index (κ1) is 18.5. The number of primary amides is 1. The molecule has 2 saturated heterocycles. The summed E-state index contributed by atoms with van der Waals surface area (Å²) in [6.07, 6.45) is 1.65. The van der Waals surface area contributed by atoms with E-state index in [1.807, 2.05) is 23.1 Å². The second-order valence-corrected chi connectivity index (χ2v) is 7.17. The minimum Gasteiger partial charge on any atom is -0.495 e. The van der Waals surface area contributed by atoms with Crippen LogP contribution in [-0.2, 0) is 9.59 Å². The summed E-state index contributed by atoms with van der Waals surface area (Å²) in [4.78, 5) is 29.4. The van der Waals surface area contributed by atoms with Gasteiger partial charge >= 0.3 is 0 Å². The van der Waals surface area contributed by atoms with Crippen LogP contribution in [0.4, 0.5) is 5.69 Å². The maximum Gasteiger partial charge on any atom is 0.277 e. The second-order valence-electron chi connectivity index (χ2n) is 7.17. The van der Waals surface area contributed by atoms with Gasteiger partial charge in [0, 0.05) is 13.1 Å². The van der Waals surface area contributed by atoms with Gasteiger partial charge in [-0.05, 0) is 25.0 Å². The summed E-state index contributed by atoms with van der Waals surface area (Å²) in [6, 6.07) is 8.04. The molecular weight excluding hydrogens is 332 g/mol. The zero-order valence-electron chi connectivity index (χ0n) is 15.4. The van der Waals surface area contributed by atoms with Gasteiger partial charge in [-0.2, -0.15) is 0 Å². The number of likely N-dealkylation sites (tertiary alicyclic amines) is 1. The van der Waals surface area contributed by atoms with Crippen LogP contribution in [0.5, 0.6) is 5.75 Å².